The normalized spacial score (nSPS) is 18.0. The van der Waals surface area contributed by atoms with Gasteiger partial charge in [-0.1, -0.05) is 32.4 Å². The molecule has 0 saturated carbocycles. The zero-order valence-corrected chi connectivity index (χ0v) is 22.2. The van der Waals surface area contributed by atoms with Crippen LogP contribution in [0.1, 0.15) is 58.1 Å². The summed E-state index contributed by atoms with van der Waals surface area (Å²) in [6.07, 6.45) is 4.63. The van der Waals surface area contributed by atoms with Gasteiger partial charge < -0.3 is 19.6 Å². The van der Waals surface area contributed by atoms with E-state index >= 15 is 0 Å². The predicted molar refractivity (Wildman–Crippen MR) is 135 cm³/mol. The number of aliphatic hydroxyl groups is 1. The van der Waals surface area contributed by atoms with Gasteiger partial charge >= 0.3 is 0 Å². The third-order valence-electron chi connectivity index (χ3n) is 7.56. The summed E-state index contributed by atoms with van der Waals surface area (Å²) in [4.78, 5) is 4.42. The molecule has 1 saturated heterocycles. The number of aromatic nitrogens is 1. The minimum Gasteiger partial charge on any atom is -0.497 e. The Labute approximate surface area is 199 Å². The summed E-state index contributed by atoms with van der Waals surface area (Å²) in [5, 5.41) is 16.3. The highest BCUT2D eigenvalue weighted by atomic mass is 35.5. The van der Waals surface area contributed by atoms with Gasteiger partial charge in [-0.2, -0.15) is 0 Å². The van der Waals surface area contributed by atoms with E-state index in [9.17, 15) is 5.11 Å². The van der Waals surface area contributed by atoms with Gasteiger partial charge in [-0.3, -0.25) is 4.98 Å². The fourth-order valence-corrected chi connectivity index (χ4v) is 5.57. The van der Waals surface area contributed by atoms with Crippen LogP contribution in [-0.4, -0.2) is 45.2 Å². The standard InChI is InChI=1S/C25H39ClN2O3Si/c1-24(2,3)32(5,6)31-17-25(11-13-27-14-12-25)10-9-22(29)23-19-15-18(30-4)7-8-21(19)28-16-20(23)26/h7-8,15-16,22,27,29H,9-14,17H2,1-6H3. The van der Waals surface area contributed by atoms with E-state index in [1.54, 1.807) is 13.3 Å². The molecule has 2 N–H and O–H groups in total. The summed E-state index contributed by atoms with van der Waals surface area (Å²) >= 11 is 6.53. The second-order valence-electron chi connectivity index (χ2n) is 10.8. The van der Waals surface area contributed by atoms with Crippen molar-refractivity contribution in [2.75, 3.05) is 26.8 Å². The smallest absolute Gasteiger partial charge is 0.192 e. The molecule has 1 aliphatic rings. The number of nitrogens with one attached hydrogen (secondary N) is 1. The molecule has 1 aromatic carbocycles. The van der Waals surface area contributed by atoms with Crippen LogP contribution in [0, 0.1) is 5.41 Å². The van der Waals surface area contributed by atoms with Gasteiger partial charge in [0.05, 0.1) is 23.8 Å². The summed E-state index contributed by atoms with van der Waals surface area (Å²) in [5.74, 6) is 0.729. The van der Waals surface area contributed by atoms with Crippen LogP contribution in [0.25, 0.3) is 10.9 Å². The van der Waals surface area contributed by atoms with E-state index < -0.39 is 14.4 Å². The number of rotatable bonds is 8. The second kappa shape index (κ2) is 9.98. The first-order valence-electron chi connectivity index (χ1n) is 11.6. The monoisotopic (exact) mass is 478 g/mol. The number of fused-ring (bicyclic) bond motifs is 1. The van der Waals surface area contributed by atoms with E-state index in [1.165, 1.54) is 0 Å². The molecule has 0 radical (unpaired) electrons. The van der Waals surface area contributed by atoms with Crippen LogP contribution in [0.4, 0.5) is 0 Å². The van der Waals surface area contributed by atoms with Crippen LogP contribution in [0.2, 0.25) is 23.2 Å². The highest BCUT2D eigenvalue weighted by Gasteiger charge is 2.41. The molecule has 5 nitrogen and oxygen atoms in total. The lowest BCUT2D eigenvalue weighted by molar-refractivity contribution is 0.0627. The molecule has 32 heavy (non-hydrogen) atoms. The molecule has 1 unspecified atom stereocenters. The molecule has 3 rings (SSSR count). The maximum Gasteiger partial charge on any atom is 0.192 e. The van der Waals surface area contributed by atoms with Crippen molar-refractivity contribution in [3.8, 4) is 5.75 Å². The minimum absolute atomic E-state index is 0.0781. The minimum atomic E-state index is -1.84. The fraction of sp³-hybridized carbons (Fsp3) is 0.640. The summed E-state index contributed by atoms with van der Waals surface area (Å²) in [7, 11) is -0.201. The first-order chi connectivity index (χ1) is 15.0. The molecule has 1 aliphatic heterocycles. The zero-order valence-electron chi connectivity index (χ0n) is 20.4. The van der Waals surface area contributed by atoms with Crippen molar-refractivity contribution in [2.45, 2.75) is 70.7 Å². The van der Waals surface area contributed by atoms with E-state index in [4.69, 9.17) is 20.8 Å². The van der Waals surface area contributed by atoms with Crippen molar-refractivity contribution in [2.24, 2.45) is 5.41 Å². The van der Waals surface area contributed by atoms with Gasteiger partial charge in [-0.05, 0) is 80.5 Å². The van der Waals surface area contributed by atoms with E-state index in [0.717, 1.165) is 61.2 Å². The van der Waals surface area contributed by atoms with Crippen LogP contribution in [0.15, 0.2) is 24.4 Å². The van der Waals surface area contributed by atoms with Crippen LogP contribution < -0.4 is 10.1 Å². The third kappa shape index (κ3) is 5.65. The van der Waals surface area contributed by atoms with Gasteiger partial charge in [0.1, 0.15) is 5.75 Å². The maximum atomic E-state index is 11.3. The predicted octanol–water partition coefficient (Wildman–Crippen LogP) is 6.10. The van der Waals surface area contributed by atoms with Crippen LogP contribution in [-0.2, 0) is 4.43 Å². The molecular formula is C25H39ClN2O3Si. The van der Waals surface area contributed by atoms with Crippen molar-refractivity contribution < 1.29 is 14.3 Å². The van der Waals surface area contributed by atoms with Gasteiger partial charge in [0, 0.05) is 23.8 Å². The number of hydrogen-bond donors (Lipinski definition) is 2. The van der Waals surface area contributed by atoms with E-state index in [0.29, 0.717) is 11.4 Å². The van der Waals surface area contributed by atoms with Gasteiger partial charge in [0.15, 0.2) is 8.32 Å². The van der Waals surface area contributed by atoms with Crippen molar-refractivity contribution in [1.29, 1.82) is 0 Å². The molecule has 7 heteroatoms. The lowest BCUT2D eigenvalue weighted by Crippen LogP contribution is -2.47. The molecule has 2 aromatic rings. The maximum absolute atomic E-state index is 11.3. The topological polar surface area (TPSA) is 63.6 Å². The van der Waals surface area contributed by atoms with Crippen LogP contribution in [0.3, 0.4) is 0 Å². The molecule has 2 heterocycles. The van der Waals surface area contributed by atoms with E-state index in [2.05, 4.69) is 44.2 Å². The van der Waals surface area contributed by atoms with Crippen molar-refractivity contribution in [3.05, 3.63) is 35.0 Å². The average molecular weight is 479 g/mol. The van der Waals surface area contributed by atoms with Crippen molar-refractivity contribution in [3.63, 3.8) is 0 Å². The molecule has 0 spiro atoms. The molecular weight excluding hydrogens is 440 g/mol. The largest absolute Gasteiger partial charge is 0.497 e. The number of pyridine rings is 1. The van der Waals surface area contributed by atoms with Gasteiger partial charge in [0.2, 0.25) is 0 Å². The molecule has 0 bridgehead atoms. The van der Waals surface area contributed by atoms with Gasteiger partial charge in [0.25, 0.3) is 0 Å². The Balaban J connectivity index is 1.80. The number of piperidine rings is 1. The SMILES string of the molecule is COc1ccc2ncc(Cl)c(C(O)CCC3(CO[Si](C)(C)C(C)(C)C)CCNCC3)c2c1. The summed E-state index contributed by atoms with van der Waals surface area (Å²) in [5.41, 5.74) is 1.63. The Morgan fingerprint density at radius 3 is 2.56 bits per heavy atom. The molecule has 1 atom stereocenters. The lowest BCUT2D eigenvalue weighted by Gasteiger charge is -2.43. The second-order valence-corrected chi connectivity index (χ2v) is 16.0. The Bertz CT molecular complexity index is 923. The number of benzene rings is 1. The number of nitrogens with zero attached hydrogens (tertiary/aromatic N) is 1. The third-order valence-corrected chi connectivity index (χ3v) is 12.3. The number of aliphatic hydroxyl groups excluding tert-OH is 1. The summed E-state index contributed by atoms with van der Waals surface area (Å²) in [6, 6.07) is 5.69. The number of methoxy groups -OCH3 is 1. The van der Waals surface area contributed by atoms with Gasteiger partial charge in [-0.25, -0.2) is 0 Å². The Morgan fingerprint density at radius 1 is 1.25 bits per heavy atom. The zero-order chi connectivity index (χ0) is 23.6. The van der Waals surface area contributed by atoms with Crippen LogP contribution in [0.5, 0.6) is 5.75 Å². The first-order valence-corrected chi connectivity index (χ1v) is 14.9. The Hall–Kier alpha value is -1.18. The molecule has 0 amide bonds. The summed E-state index contributed by atoms with van der Waals surface area (Å²) in [6.45, 7) is 14.2. The number of ether oxygens (including phenoxy) is 1. The molecule has 1 fully saturated rings. The van der Waals surface area contributed by atoms with Gasteiger partial charge in [-0.15, -0.1) is 0 Å². The van der Waals surface area contributed by atoms with Crippen molar-refractivity contribution in [1.82, 2.24) is 10.3 Å². The molecule has 1 aromatic heterocycles. The molecule has 0 aliphatic carbocycles. The summed E-state index contributed by atoms with van der Waals surface area (Å²) < 4.78 is 12.1. The van der Waals surface area contributed by atoms with E-state index in [-0.39, 0.29) is 10.5 Å². The molecule has 178 valence electrons. The highest BCUT2D eigenvalue weighted by Crippen LogP contribution is 2.43. The number of halogens is 1. The lowest BCUT2D eigenvalue weighted by atomic mass is 9.75. The first kappa shape index (κ1) is 25.4. The van der Waals surface area contributed by atoms with Crippen LogP contribution >= 0.6 is 11.6 Å². The fourth-order valence-electron chi connectivity index (χ4n) is 4.19. The Morgan fingerprint density at radius 2 is 1.94 bits per heavy atom. The highest BCUT2D eigenvalue weighted by molar-refractivity contribution is 6.74. The quantitative estimate of drug-likeness (QED) is 0.448. The average Bonchev–Trinajstić information content (AvgIpc) is 2.75. The van der Waals surface area contributed by atoms with Crippen molar-refractivity contribution >= 4 is 30.8 Å². The van der Waals surface area contributed by atoms with E-state index in [1.807, 2.05) is 18.2 Å². The number of hydrogen-bond acceptors (Lipinski definition) is 5. The Kier molecular flexibility index (Phi) is 7.93.